The maximum Gasteiger partial charge on any atom is 0.343 e. The normalized spacial score (nSPS) is 10.6. The molecule has 0 unspecified atom stereocenters. The highest BCUT2D eigenvalue weighted by Gasteiger charge is 2.11. The molecule has 0 saturated carbocycles. The van der Waals surface area contributed by atoms with Gasteiger partial charge in [0.1, 0.15) is 11.6 Å². The van der Waals surface area contributed by atoms with Crippen LogP contribution in [0, 0.1) is 5.41 Å². The number of hydrogen-bond donors (Lipinski definition) is 3. The third-order valence-electron chi connectivity index (χ3n) is 2.99. The van der Waals surface area contributed by atoms with E-state index in [9.17, 15) is 4.79 Å². The Morgan fingerprint density at radius 1 is 1.57 bits per heavy atom. The second-order valence-electron chi connectivity index (χ2n) is 4.28. The lowest BCUT2D eigenvalue weighted by Gasteiger charge is -2.10. The van der Waals surface area contributed by atoms with Crippen molar-refractivity contribution in [2.24, 2.45) is 5.73 Å². The molecule has 0 aliphatic rings. The first-order valence-corrected chi connectivity index (χ1v) is 7.34. The van der Waals surface area contributed by atoms with Crippen LogP contribution < -0.4 is 16.2 Å². The molecule has 0 radical (unpaired) electrons. The summed E-state index contributed by atoms with van der Waals surface area (Å²) in [7, 11) is 1.59. The SMILES string of the molecule is CCn1c(SCc2cc(C(=N)N)ccc2OC)n[nH]c1=O. The number of rotatable bonds is 6. The Morgan fingerprint density at radius 3 is 2.95 bits per heavy atom. The predicted octanol–water partition coefficient (Wildman–Crippen LogP) is 1.18. The Bertz CT molecular complexity index is 707. The van der Waals surface area contributed by atoms with Crippen molar-refractivity contribution in [3.05, 3.63) is 39.8 Å². The van der Waals surface area contributed by atoms with E-state index < -0.39 is 0 Å². The molecule has 0 saturated heterocycles. The van der Waals surface area contributed by atoms with Gasteiger partial charge in [-0.25, -0.2) is 9.89 Å². The summed E-state index contributed by atoms with van der Waals surface area (Å²) >= 11 is 1.42. The fourth-order valence-electron chi connectivity index (χ4n) is 1.89. The fraction of sp³-hybridized carbons (Fsp3) is 0.308. The Labute approximate surface area is 126 Å². The van der Waals surface area contributed by atoms with Crippen LogP contribution in [0.2, 0.25) is 0 Å². The van der Waals surface area contributed by atoms with Crippen molar-refractivity contribution in [3.63, 3.8) is 0 Å². The first-order valence-electron chi connectivity index (χ1n) is 6.36. The van der Waals surface area contributed by atoms with Gasteiger partial charge in [-0.2, -0.15) is 0 Å². The molecule has 1 heterocycles. The molecule has 112 valence electrons. The number of thioether (sulfide) groups is 1. The predicted molar refractivity (Wildman–Crippen MR) is 82.1 cm³/mol. The lowest BCUT2D eigenvalue weighted by molar-refractivity contribution is 0.411. The minimum Gasteiger partial charge on any atom is -0.496 e. The molecule has 0 aliphatic carbocycles. The third kappa shape index (κ3) is 3.27. The third-order valence-corrected chi connectivity index (χ3v) is 4.01. The molecule has 8 heteroatoms. The summed E-state index contributed by atoms with van der Waals surface area (Å²) in [6.07, 6.45) is 0. The van der Waals surface area contributed by atoms with Crippen LogP contribution in [0.4, 0.5) is 0 Å². The summed E-state index contributed by atoms with van der Waals surface area (Å²) in [6, 6.07) is 5.34. The summed E-state index contributed by atoms with van der Waals surface area (Å²) in [5.41, 5.74) is 6.82. The van der Waals surface area contributed by atoms with Gasteiger partial charge >= 0.3 is 5.69 Å². The van der Waals surface area contributed by atoms with Crippen LogP contribution in [-0.2, 0) is 12.3 Å². The monoisotopic (exact) mass is 307 g/mol. The van der Waals surface area contributed by atoms with Gasteiger partial charge in [0.05, 0.1) is 7.11 Å². The Kier molecular flexibility index (Phi) is 4.69. The molecule has 2 aromatic rings. The van der Waals surface area contributed by atoms with Gasteiger partial charge in [0.15, 0.2) is 5.16 Å². The summed E-state index contributed by atoms with van der Waals surface area (Å²) in [5, 5.41) is 14.5. The van der Waals surface area contributed by atoms with Crippen molar-refractivity contribution in [2.75, 3.05) is 7.11 Å². The molecular weight excluding hydrogens is 290 g/mol. The van der Waals surface area contributed by atoms with E-state index in [0.717, 1.165) is 5.56 Å². The number of aromatic nitrogens is 3. The number of aromatic amines is 1. The van der Waals surface area contributed by atoms with E-state index in [1.165, 1.54) is 11.8 Å². The Balaban J connectivity index is 2.24. The quantitative estimate of drug-likeness (QED) is 0.421. The highest BCUT2D eigenvalue weighted by Crippen LogP contribution is 2.27. The van der Waals surface area contributed by atoms with Crippen LogP contribution in [0.25, 0.3) is 0 Å². The lowest BCUT2D eigenvalue weighted by Crippen LogP contribution is -2.16. The van der Waals surface area contributed by atoms with E-state index in [-0.39, 0.29) is 11.5 Å². The number of ether oxygens (including phenoxy) is 1. The minimum atomic E-state index is -0.218. The van der Waals surface area contributed by atoms with Gasteiger partial charge < -0.3 is 10.5 Å². The zero-order chi connectivity index (χ0) is 15.4. The molecule has 4 N–H and O–H groups in total. The average molecular weight is 307 g/mol. The number of hydrogen-bond acceptors (Lipinski definition) is 5. The van der Waals surface area contributed by atoms with E-state index >= 15 is 0 Å². The first kappa shape index (κ1) is 15.2. The molecule has 1 aromatic heterocycles. The molecule has 0 fully saturated rings. The van der Waals surface area contributed by atoms with Gasteiger partial charge in [-0.1, -0.05) is 11.8 Å². The summed E-state index contributed by atoms with van der Waals surface area (Å²) in [4.78, 5) is 11.5. The van der Waals surface area contributed by atoms with Crippen LogP contribution in [0.1, 0.15) is 18.1 Å². The largest absolute Gasteiger partial charge is 0.496 e. The molecule has 0 aliphatic heterocycles. The van der Waals surface area contributed by atoms with Gasteiger partial charge in [0, 0.05) is 23.4 Å². The van der Waals surface area contributed by atoms with Crippen molar-refractivity contribution in [1.29, 1.82) is 5.41 Å². The Hall–Kier alpha value is -2.22. The van der Waals surface area contributed by atoms with Crippen molar-refractivity contribution in [1.82, 2.24) is 14.8 Å². The first-order chi connectivity index (χ1) is 10.1. The second-order valence-corrected chi connectivity index (χ2v) is 5.23. The van der Waals surface area contributed by atoms with E-state index in [2.05, 4.69) is 10.2 Å². The molecule has 2 rings (SSSR count). The van der Waals surface area contributed by atoms with Crippen molar-refractivity contribution in [3.8, 4) is 5.75 Å². The van der Waals surface area contributed by atoms with Gasteiger partial charge in [-0.3, -0.25) is 9.98 Å². The summed E-state index contributed by atoms with van der Waals surface area (Å²) < 4.78 is 6.87. The summed E-state index contributed by atoms with van der Waals surface area (Å²) in [5.74, 6) is 1.29. The molecule has 0 amide bonds. The number of nitrogen functional groups attached to an aromatic ring is 1. The number of nitrogens with one attached hydrogen (secondary N) is 2. The number of H-pyrrole nitrogens is 1. The van der Waals surface area contributed by atoms with Crippen LogP contribution in [0.5, 0.6) is 5.75 Å². The van der Waals surface area contributed by atoms with Crippen molar-refractivity contribution < 1.29 is 4.74 Å². The van der Waals surface area contributed by atoms with Gasteiger partial charge in [0.25, 0.3) is 0 Å². The average Bonchev–Trinajstić information content (AvgIpc) is 2.84. The smallest absolute Gasteiger partial charge is 0.343 e. The van der Waals surface area contributed by atoms with Crippen LogP contribution in [-0.4, -0.2) is 27.7 Å². The second kappa shape index (κ2) is 6.49. The highest BCUT2D eigenvalue weighted by molar-refractivity contribution is 7.98. The molecular formula is C13H17N5O2S. The van der Waals surface area contributed by atoms with Gasteiger partial charge in [-0.05, 0) is 25.1 Å². The highest BCUT2D eigenvalue weighted by atomic mass is 32.2. The van der Waals surface area contributed by atoms with Gasteiger partial charge in [0.2, 0.25) is 0 Å². The number of benzene rings is 1. The number of amidine groups is 1. The zero-order valence-corrected chi connectivity index (χ0v) is 12.7. The lowest BCUT2D eigenvalue weighted by atomic mass is 10.1. The van der Waals surface area contributed by atoms with Crippen molar-refractivity contribution in [2.45, 2.75) is 24.4 Å². The topological polar surface area (TPSA) is 110 Å². The van der Waals surface area contributed by atoms with Crippen LogP contribution in [0.15, 0.2) is 28.2 Å². The van der Waals surface area contributed by atoms with Crippen LogP contribution >= 0.6 is 11.8 Å². The van der Waals surface area contributed by atoms with Crippen molar-refractivity contribution >= 4 is 17.6 Å². The molecule has 0 bridgehead atoms. The number of methoxy groups -OCH3 is 1. The standard InChI is InChI=1S/C13H17N5O2S/c1-3-18-12(19)16-17-13(18)21-7-9-6-8(11(14)15)4-5-10(9)20-2/h4-6H,3,7H2,1-2H3,(H3,14,15)(H,16,19). The van der Waals surface area contributed by atoms with E-state index in [0.29, 0.717) is 28.8 Å². The van der Waals surface area contributed by atoms with Crippen LogP contribution in [0.3, 0.4) is 0 Å². The Morgan fingerprint density at radius 2 is 2.33 bits per heavy atom. The molecule has 0 spiro atoms. The maximum atomic E-state index is 11.5. The molecule has 7 nitrogen and oxygen atoms in total. The summed E-state index contributed by atoms with van der Waals surface area (Å²) in [6.45, 7) is 2.44. The van der Waals surface area contributed by atoms with E-state index in [4.69, 9.17) is 15.9 Å². The fourth-order valence-corrected chi connectivity index (χ4v) is 2.88. The van der Waals surface area contributed by atoms with Gasteiger partial charge in [-0.15, -0.1) is 5.10 Å². The molecule has 0 atom stereocenters. The van der Waals surface area contributed by atoms with E-state index in [1.807, 2.05) is 13.0 Å². The minimum absolute atomic E-state index is 0.00846. The molecule has 21 heavy (non-hydrogen) atoms. The molecule has 1 aromatic carbocycles. The zero-order valence-electron chi connectivity index (χ0n) is 11.8. The number of nitrogens with zero attached hydrogens (tertiary/aromatic N) is 2. The number of nitrogens with two attached hydrogens (primary N) is 1. The maximum absolute atomic E-state index is 11.5. The van der Waals surface area contributed by atoms with E-state index in [1.54, 1.807) is 23.8 Å².